The normalized spacial score (nSPS) is 18.8. The Bertz CT molecular complexity index is 334. The van der Waals surface area contributed by atoms with Gasteiger partial charge in [0, 0.05) is 6.04 Å². The molecular weight excluding hydrogens is 202 g/mol. The zero-order chi connectivity index (χ0) is 11.6. The highest BCUT2D eigenvalue weighted by atomic mass is 15.6. The van der Waals surface area contributed by atoms with Crippen LogP contribution in [-0.2, 0) is 12.1 Å². The van der Waals surface area contributed by atoms with E-state index in [4.69, 9.17) is 0 Å². The van der Waals surface area contributed by atoms with E-state index in [1.54, 1.807) is 0 Å². The molecule has 16 heavy (non-hydrogen) atoms. The fraction of sp³-hybridized carbons (Fsp3) is 0.909. The lowest BCUT2D eigenvalue weighted by molar-refractivity contribution is 0.110. The molecule has 1 fully saturated rings. The molecule has 0 saturated heterocycles. The molecule has 0 amide bonds. The van der Waals surface area contributed by atoms with Gasteiger partial charge in [0.25, 0.3) is 0 Å². The van der Waals surface area contributed by atoms with Crippen LogP contribution in [0.1, 0.15) is 52.3 Å². The first-order chi connectivity index (χ1) is 7.68. The third kappa shape index (κ3) is 1.96. The molecule has 1 aromatic rings. The molecule has 5 heteroatoms. The van der Waals surface area contributed by atoms with Gasteiger partial charge in [0.1, 0.15) is 0 Å². The number of rotatable bonds is 5. The van der Waals surface area contributed by atoms with E-state index in [9.17, 15) is 0 Å². The van der Waals surface area contributed by atoms with Crippen LogP contribution in [0.5, 0.6) is 0 Å². The van der Waals surface area contributed by atoms with Crippen molar-refractivity contribution < 1.29 is 0 Å². The summed E-state index contributed by atoms with van der Waals surface area (Å²) in [5.41, 5.74) is 0.206. The third-order valence-corrected chi connectivity index (χ3v) is 3.59. The summed E-state index contributed by atoms with van der Waals surface area (Å²) in [6.45, 7) is 7.24. The Morgan fingerprint density at radius 1 is 1.44 bits per heavy atom. The molecule has 0 atom stereocenters. The number of nitrogens with zero attached hydrogens (tertiary/aromatic N) is 4. The number of tetrazole rings is 1. The Morgan fingerprint density at radius 2 is 2.19 bits per heavy atom. The van der Waals surface area contributed by atoms with Crippen molar-refractivity contribution in [1.29, 1.82) is 0 Å². The predicted molar refractivity (Wildman–Crippen MR) is 61.9 cm³/mol. The Morgan fingerprint density at radius 3 is 2.69 bits per heavy atom. The van der Waals surface area contributed by atoms with Gasteiger partial charge in [-0.25, -0.2) is 4.68 Å². The average Bonchev–Trinajstić information content (AvgIpc) is 2.63. The summed E-state index contributed by atoms with van der Waals surface area (Å²) in [4.78, 5) is 0. The highest BCUT2D eigenvalue weighted by Crippen LogP contribution is 2.41. The van der Waals surface area contributed by atoms with E-state index < -0.39 is 0 Å². The van der Waals surface area contributed by atoms with E-state index in [1.807, 2.05) is 4.68 Å². The first kappa shape index (κ1) is 11.5. The van der Waals surface area contributed by atoms with Crippen molar-refractivity contribution in [1.82, 2.24) is 25.5 Å². The van der Waals surface area contributed by atoms with Gasteiger partial charge in [-0.2, -0.15) is 0 Å². The second-order valence-corrected chi connectivity index (χ2v) is 4.97. The molecule has 1 saturated carbocycles. The van der Waals surface area contributed by atoms with Gasteiger partial charge in [-0.05, 0) is 36.1 Å². The molecule has 0 aliphatic heterocycles. The SMILES string of the molecule is CCC1(n2nnnc2CNC(C)C)CCC1. The van der Waals surface area contributed by atoms with E-state index in [0.717, 1.165) is 18.8 Å². The van der Waals surface area contributed by atoms with Crippen LogP contribution in [0.3, 0.4) is 0 Å². The highest BCUT2D eigenvalue weighted by Gasteiger charge is 2.39. The second kappa shape index (κ2) is 4.49. The van der Waals surface area contributed by atoms with Crippen molar-refractivity contribution in [3.63, 3.8) is 0 Å². The van der Waals surface area contributed by atoms with Gasteiger partial charge in [-0.1, -0.05) is 20.8 Å². The monoisotopic (exact) mass is 223 g/mol. The summed E-state index contributed by atoms with van der Waals surface area (Å²) < 4.78 is 2.05. The minimum absolute atomic E-state index is 0.206. The quantitative estimate of drug-likeness (QED) is 0.821. The summed E-state index contributed by atoms with van der Waals surface area (Å²) in [6.07, 6.45) is 4.84. The molecule has 0 aromatic carbocycles. The molecule has 90 valence electrons. The van der Waals surface area contributed by atoms with Gasteiger partial charge < -0.3 is 5.32 Å². The summed E-state index contributed by atoms with van der Waals surface area (Å²) in [5.74, 6) is 0.968. The van der Waals surface area contributed by atoms with Crippen molar-refractivity contribution in [2.45, 2.75) is 64.6 Å². The summed E-state index contributed by atoms with van der Waals surface area (Å²) in [5, 5.41) is 15.5. The van der Waals surface area contributed by atoms with Gasteiger partial charge in [-0.15, -0.1) is 5.10 Å². The lowest BCUT2D eigenvalue weighted by atomic mass is 9.75. The Balaban J connectivity index is 2.12. The smallest absolute Gasteiger partial charge is 0.165 e. The van der Waals surface area contributed by atoms with Crippen molar-refractivity contribution >= 4 is 0 Å². The number of nitrogens with one attached hydrogen (secondary N) is 1. The topological polar surface area (TPSA) is 55.6 Å². The summed E-state index contributed by atoms with van der Waals surface area (Å²) in [7, 11) is 0. The molecule has 0 unspecified atom stereocenters. The highest BCUT2D eigenvalue weighted by molar-refractivity contribution is 4.97. The third-order valence-electron chi connectivity index (χ3n) is 3.59. The van der Waals surface area contributed by atoms with Crippen molar-refractivity contribution in [3.8, 4) is 0 Å². The Kier molecular flexibility index (Phi) is 3.23. The standard InChI is InChI=1S/C11H21N5/c1-4-11(6-5-7-11)16-10(13-14-15-16)8-12-9(2)3/h9,12H,4-8H2,1-3H3. The Labute approximate surface area is 96.6 Å². The first-order valence-corrected chi connectivity index (χ1v) is 6.19. The van der Waals surface area contributed by atoms with Crippen LogP contribution in [0.25, 0.3) is 0 Å². The van der Waals surface area contributed by atoms with Crippen molar-refractivity contribution in [2.75, 3.05) is 0 Å². The fourth-order valence-electron chi connectivity index (χ4n) is 2.28. The second-order valence-electron chi connectivity index (χ2n) is 4.97. The summed E-state index contributed by atoms with van der Waals surface area (Å²) >= 11 is 0. The zero-order valence-corrected chi connectivity index (χ0v) is 10.4. The van der Waals surface area contributed by atoms with Gasteiger partial charge in [0.05, 0.1) is 12.1 Å². The van der Waals surface area contributed by atoms with Crippen LogP contribution in [0, 0.1) is 0 Å². The largest absolute Gasteiger partial charge is 0.308 e. The zero-order valence-electron chi connectivity index (χ0n) is 10.4. The molecule has 1 heterocycles. The lowest BCUT2D eigenvalue weighted by Crippen LogP contribution is -2.42. The molecule has 0 bridgehead atoms. The van der Waals surface area contributed by atoms with Crippen LogP contribution in [-0.4, -0.2) is 26.2 Å². The maximum atomic E-state index is 4.17. The van der Waals surface area contributed by atoms with Crippen LogP contribution >= 0.6 is 0 Å². The van der Waals surface area contributed by atoms with Crippen LogP contribution < -0.4 is 5.32 Å². The molecule has 1 aliphatic rings. The van der Waals surface area contributed by atoms with Gasteiger partial charge >= 0.3 is 0 Å². The van der Waals surface area contributed by atoms with Gasteiger partial charge in [-0.3, -0.25) is 0 Å². The van der Waals surface area contributed by atoms with E-state index in [-0.39, 0.29) is 5.54 Å². The molecule has 1 aromatic heterocycles. The molecular formula is C11H21N5. The molecule has 0 spiro atoms. The van der Waals surface area contributed by atoms with Gasteiger partial charge in [0.2, 0.25) is 0 Å². The first-order valence-electron chi connectivity index (χ1n) is 6.19. The molecule has 2 rings (SSSR count). The molecule has 5 nitrogen and oxygen atoms in total. The van der Waals surface area contributed by atoms with Crippen LogP contribution in [0.2, 0.25) is 0 Å². The number of aromatic nitrogens is 4. The number of hydrogen-bond acceptors (Lipinski definition) is 4. The molecule has 1 N–H and O–H groups in total. The average molecular weight is 223 g/mol. The lowest BCUT2D eigenvalue weighted by Gasteiger charge is -2.41. The Hall–Kier alpha value is -0.970. The van der Waals surface area contributed by atoms with E-state index in [1.165, 1.54) is 19.3 Å². The van der Waals surface area contributed by atoms with E-state index in [0.29, 0.717) is 6.04 Å². The maximum absolute atomic E-state index is 4.17. The van der Waals surface area contributed by atoms with E-state index in [2.05, 4.69) is 41.6 Å². The van der Waals surface area contributed by atoms with Gasteiger partial charge in [0.15, 0.2) is 5.82 Å². The van der Waals surface area contributed by atoms with E-state index >= 15 is 0 Å². The molecule has 1 aliphatic carbocycles. The minimum atomic E-state index is 0.206. The van der Waals surface area contributed by atoms with Crippen molar-refractivity contribution in [3.05, 3.63) is 5.82 Å². The molecule has 0 radical (unpaired) electrons. The minimum Gasteiger partial charge on any atom is -0.308 e. The number of hydrogen-bond donors (Lipinski definition) is 1. The van der Waals surface area contributed by atoms with Crippen LogP contribution in [0.15, 0.2) is 0 Å². The maximum Gasteiger partial charge on any atom is 0.165 e. The summed E-state index contributed by atoms with van der Waals surface area (Å²) in [6, 6.07) is 0.462. The van der Waals surface area contributed by atoms with Crippen LogP contribution in [0.4, 0.5) is 0 Å². The predicted octanol–water partition coefficient (Wildman–Crippen LogP) is 1.46. The van der Waals surface area contributed by atoms with Crippen molar-refractivity contribution in [2.24, 2.45) is 0 Å². The fourth-order valence-corrected chi connectivity index (χ4v) is 2.28.